The van der Waals surface area contributed by atoms with Gasteiger partial charge in [0.25, 0.3) is 0 Å². The number of primary amides is 1. The SMILES string of the molecule is Cc1cc(C(N)=O)cc(NC2CCCC2CN)n1. The van der Waals surface area contributed by atoms with Crippen molar-refractivity contribution >= 4 is 11.7 Å². The van der Waals surface area contributed by atoms with E-state index in [9.17, 15) is 4.79 Å². The molecule has 0 radical (unpaired) electrons. The van der Waals surface area contributed by atoms with Gasteiger partial charge < -0.3 is 16.8 Å². The summed E-state index contributed by atoms with van der Waals surface area (Å²) in [5.41, 5.74) is 12.3. The lowest BCUT2D eigenvalue weighted by atomic mass is 10.0. The summed E-state index contributed by atoms with van der Waals surface area (Å²) in [5, 5.41) is 3.38. The number of pyridine rings is 1. The Morgan fingerprint density at radius 1 is 1.50 bits per heavy atom. The average molecular weight is 248 g/mol. The molecule has 1 fully saturated rings. The Hall–Kier alpha value is -1.62. The number of hydrogen-bond donors (Lipinski definition) is 3. The summed E-state index contributed by atoms with van der Waals surface area (Å²) < 4.78 is 0. The molecule has 1 heterocycles. The van der Waals surface area contributed by atoms with Crippen LogP contribution in [0.25, 0.3) is 0 Å². The second-order valence-corrected chi connectivity index (χ2v) is 4.92. The molecule has 2 rings (SSSR count). The van der Waals surface area contributed by atoms with E-state index in [0.29, 0.717) is 29.9 Å². The van der Waals surface area contributed by atoms with E-state index in [1.54, 1.807) is 12.1 Å². The summed E-state index contributed by atoms with van der Waals surface area (Å²) >= 11 is 0. The van der Waals surface area contributed by atoms with Crippen molar-refractivity contribution in [3.63, 3.8) is 0 Å². The lowest BCUT2D eigenvalue weighted by molar-refractivity contribution is 0.1000. The van der Waals surface area contributed by atoms with Gasteiger partial charge in [0.2, 0.25) is 5.91 Å². The predicted octanol–water partition coefficient (Wildman–Crippen LogP) is 1.03. The molecule has 18 heavy (non-hydrogen) atoms. The number of nitrogens with one attached hydrogen (secondary N) is 1. The van der Waals surface area contributed by atoms with E-state index in [4.69, 9.17) is 11.5 Å². The second kappa shape index (κ2) is 5.35. The highest BCUT2D eigenvalue weighted by Gasteiger charge is 2.26. The molecule has 5 heteroatoms. The van der Waals surface area contributed by atoms with Gasteiger partial charge in [-0.3, -0.25) is 4.79 Å². The Morgan fingerprint density at radius 3 is 2.94 bits per heavy atom. The molecule has 0 aromatic carbocycles. The number of anilines is 1. The summed E-state index contributed by atoms with van der Waals surface area (Å²) in [6.07, 6.45) is 3.44. The number of carbonyl (C=O) groups is 1. The zero-order valence-corrected chi connectivity index (χ0v) is 10.6. The highest BCUT2D eigenvalue weighted by atomic mass is 16.1. The van der Waals surface area contributed by atoms with Crippen LogP contribution in [0, 0.1) is 12.8 Å². The van der Waals surface area contributed by atoms with E-state index in [2.05, 4.69) is 10.3 Å². The minimum Gasteiger partial charge on any atom is -0.367 e. The van der Waals surface area contributed by atoms with Crippen LogP contribution in [0.3, 0.4) is 0 Å². The van der Waals surface area contributed by atoms with Crippen molar-refractivity contribution in [2.24, 2.45) is 17.4 Å². The van der Waals surface area contributed by atoms with Crippen LogP contribution in [-0.2, 0) is 0 Å². The Morgan fingerprint density at radius 2 is 2.28 bits per heavy atom. The molecular formula is C13H20N4O. The number of nitrogens with two attached hydrogens (primary N) is 2. The molecule has 5 N–H and O–H groups in total. The maximum atomic E-state index is 11.2. The fourth-order valence-corrected chi connectivity index (χ4v) is 2.58. The van der Waals surface area contributed by atoms with E-state index in [-0.39, 0.29) is 0 Å². The normalized spacial score (nSPS) is 23.0. The van der Waals surface area contributed by atoms with Crippen LogP contribution in [0.15, 0.2) is 12.1 Å². The molecule has 0 bridgehead atoms. The highest BCUT2D eigenvalue weighted by molar-refractivity contribution is 5.93. The van der Waals surface area contributed by atoms with E-state index in [1.807, 2.05) is 6.92 Å². The van der Waals surface area contributed by atoms with Crippen molar-refractivity contribution in [3.05, 3.63) is 23.4 Å². The lowest BCUT2D eigenvalue weighted by Gasteiger charge is -2.20. The average Bonchev–Trinajstić information content (AvgIpc) is 2.75. The van der Waals surface area contributed by atoms with Gasteiger partial charge in [0.15, 0.2) is 0 Å². The smallest absolute Gasteiger partial charge is 0.248 e. The van der Waals surface area contributed by atoms with Crippen molar-refractivity contribution in [2.45, 2.75) is 32.2 Å². The number of amides is 1. The van der Waals surface area contributed by atoms with Crippen molar-refractivity contribution < 1.29 is 4.79 Å². The molecular weight excluding hydrogens is 228 g/mol. The van der Waals surface area contributed by atoms with Gasteiger partial charge in [0.05, 0.1) is 0 Å². The van der Waals surface area contributed by atoms with E-state index in [0.717, 1.165) is 18.5 Å². The second-order valence-electron chi connectivity index (χ2n) is 4.92. The topological polar surface area (TPSA) is 94.0 Å². The van der Waals surface area contributed by atoms with Crippen LogP contribution in [-0.4, -0.2) is 23.5 Å². The van der Waals surface area contributed by atoms with Crippen molar-refractivity contribution in [1.82, 2.24) is 4.98 Å². The first-order valence-electron chi connectivity index (χ1n) is 6.35. The van der Waals surface area contributed by atoms with Crippen molar-refractivity contribution in [2.75, 3.05) is 11.9 Å². The van der Waals surface area contributed by atoms with E-state index < -0.39 is 5.91 Å². The third kappa shape index (κ3) is 2.79. The maximum Gasteiger partial charge on any atom is 0.248 e. The highest BCUT2D eigenvalue weighted by Crippen LogP contribution is 2.27. The largest absolute Gasteiger partial charge is 0.367 e. The number of aromatic nitrogens is 1. The number of aryl methyl sites for hydroxylation is 1. The molecule has 1 saturated carbocycles. The molecule has 0 saturated heterocycles. The van der Waals surface area contributed by atoms with Crippen LogP contribution in [0.2, 0.25) is 0 Å². The van der Waals surface area contributed by atoms with Crippen LogP contribution < -0.4 is 16.8 Å². The summed E-state index contributed by atoms with van der Waals surface area (Å²) in [5.74, 6) is 0.781. The minimum absolute atomic E-state index is 0.352. The fraction of sp³-hybridized carbons (Fsp3) is 0.538. The van der Waals surface area contributed by atoms with Gasteiger partial charge in [0.1, 0.15) is 5.82 Å². The quantitative estimate of drug-likeness (QED) is 0.741. The first-order valence-corrected chi connectivity index (χ1v) is 6.35. The van der Waals surface area contributed by atoms with Gasteiger partial charge in [-0.2, -0.15) is 0 Å². The number of rotatable bonds is 4. The molecule has 1 aromatic rings. The van der Waals surface area contributed by atoms with Crippen LogP contribution in [0.1, 0.15) is 35.3 Å². The molecule has 0 spiro atoms. The fourth-order valence-electron chi connectivity index (χ4n) is 2.58. The number of hydrogen-bond acceptors (Lipinski definition) is 4. The first-order chi connectivity index (χ1) is 8.60. The van der Waals surface area contributed by atoms with Crippen LogP contribution >= 0.6 is 0 Å². The Labute approximate surface area is 107 Å². The number of carbonyl (C=O) groups excluding carboxylic acids is 1. The molecule has 0 aliphatic heterocycles. The summed E-state index contributed by atoms with van der Waals surface area (Å²) in [6, 6.07) is 3.76. The molecule has 2 atom stereocenters. The zero-order chi connectivity index (χ0) is 13.1. The Kier molecular flexibility index (Phi) is 3.81. The first kappa shape index (κ1) is 12.8. The lowest BCUT2D eigenvalue weighted by Crippen LogP contribution is -2.30. The summed E-state index contributed by atoms with van der Waals surface area (Å²) in [6.45, 7) is 2.54. The van der Waals surface area contributed by atoms with Gasteiger partial charge in [-0.25, -0.2) is 4.98 Å². The van der Waals surface area contributed by atoms with Gasteiger partial charge in [-0.15, -0.1) is 0 Å². The molecule has 2 unspecified atom stereocenters. The van der Waals surface area contributed by atoms with Crippen LogP contribution in [0.4, 0.5) is 5.82 Å². The standard InChI is InChI=1S/C13H20N4O/c1-8-5-10(13(15)18)6-12(16-8)17-11-4-2-3-9(11)7-14/h5-6,9,11H,2-4,7,14H2,1H3,(H2,15,18)(H,16,17). The van der Waals surface area contributed by atoms with Crippen LogP contribution in [0.5, 0.6) is 0 Å². The molecule has 98 valence electrons. The Bertz CT molecular complexity index is 447. The minimum atomic E-state index is -0.426. The molecule has 1 aliphatic rings. The van der Waals surface area contributed by atoms with E-state index in [1.165, 1.54) is 6.42 Å². The van der Waals surface area contributed by atoms with Crippen molar-refractivity contribution in [3.8, 4) is 0 Å². The number of nitrogens with zero attached hydrogens (tertiary/aromatic N) is 1. The van der Waals surface area contributed by atoms with Gasteiger partial charge in [-0.05, 0) is 44.4 Å². The van der Waals surface area contributed by atoms with Crippen molar-refractivity contribution in [1.29, 1.82) is 0 Å². The third-order valence-corrected chi connectivity index (χ3v) is 3.53. The monoisotopic (exact) mass is 248 g/mol. The van der Waals surface area contributed by atoms with Gasteiger partial charge in [0, 0.05) is 17.3 Å². The van der Waals surface area contributed by atoms with Gasteiger partial charge in [-0.1, -0.05) is 6.42 Å². The zero-order valence-electron chi connectivity index (χ0n) is 10.6. The summed E-state index contributed by atoms with van der Waals surface area (Å²) in [7, 11) is 0. The van der Waals surface area contributed by atoms with E-state index >= 15 is 0 Å². The maximum absolute atomic E-state index is 11.2. The predicted molar refractivity (Wildman–Crippen MR) is 71.3 cm³/mol. The summed E-state index contributed by atoms with van der Waals surface area (Å²) in [4.78, 5) is 15.6. The van der Waals surface area contributed by atoms with Gasteiger partial charge >= 0.3 is 0 Å². The Balaban J connectivity index is 2.16. The molecule has 1 aliphatic carbocycles. The molecule has 5 nitrogen and oxygen atoms in total. The molecule has 1 aromatic heterocycles. The molecule has 1 amide bonds. The third-order valence-electron chi connectivity index (χ3n) is 3.53.